The Morgan fingerprint density at radius 2 is 1.83 bits per heavy atom. The van der Waals surface area contributed by atoms with E-state index < -0.39 is 0 Å². The van der Waals surface area contributed by atoms with Crippen molar-refractivity contribution < 1.29 is 9.59 Å². The van der Waals surface area contributed by atoms with Gasteiger partial charge in [0.15, 0.2) is 0 Å². The van der Waals surface area contributed by atoms with Gasteiger partial charge in [0.1, 0.15) is 0 Å². The van der Waals surface area contributed by atoms with Gasteiger partial charge in [-0.2, -0.15) is 0 Å². The molecule has 0 aromatic rings. The topological polar surface area (TPSA) is 84.2 Å². The smallest absolute Gasteiger partial charge is 0.239 e. The molecule has 2 fully saturated rings. The summed E-state index contributed by atoms with van der Waals surface area (Å²) in [5.74, 6) is 0.893. The molecule has 0 radical (unpaired) electrons. The number of nitrogens with two attached hydrogens (primary N) is 1. The minimum absolute atomic E-state index is 0.0161. The van der Waals surface area contributed by atoms with Crippen molar-refractivity contribution in [1.29, 1.82) is 0 Å². The fourth-order valence-corrected chi connectivity index (χ4v) is 3.40. The number of rotatable bonds is 3. The molecule has 2 bridgehead atoms. The predicted octanol–water partition coefficient (Wildman–Crippen LogP) is 0.00220. The number of carbonyl (C=O) groups is 2. The summed E-state index contributed by atoms with van der Waals surface area (Å²) in [5.41, 5.74) is 6.19. The lowest BCUT2D eigenvalue weighted by Crippen LogP contribution is -2.49. The van der Waals surface area contributed by atoms with Gasteiger partial charge in [-0.15, -0.1) is 0 Å². The molecular formula is C13H23N3O2. The quantitative estimate of drug-likeness (QED) is 0.662. The summed E-state index contributed by atoms with van der Waals surface area (Å²) in [4.78, 5) is 23.1. The molecule has 2 atom stereocenters. The molecule has 0 aromatic carbocycles. The van der Waals surface area contributed by atoms with E-state index in [0.717, 1.165) is 25.7 Å². The lowest BCUT2D eigenvalue weighted by Gasteiger charge is -2.43. The average molecular weight is 253 g/mol. The maximum atomic E-state index is 12.0. The second kappa shape index (κ2) is 5.69. The van der Waals surface area contributed by atoms with E-state index in [0.29, 0.717) is 11.8 Å². The van der Waals surface area contributed by atoms with Crippen LogP contribution in [-0.4, -0.2) is 31.4 Å². The fourth-order valence-electron chi connectivity index (χ4n) is 3.40. The molecule has 0 aliphatic heterocycles. The van der Waals surface area contributed by atoms with Crippen LogP contribution in [0.15, 0.2) is 0 Å². The highest BCUT2D eigenvalue weighted by atomic mass is 16.2. The number of nitrogens with one attached hydrogen (secondary N) is 2. The Kier molecular flexibility index (Phi) is 4.22. The SMILES string of the molecule is CNC(=O)CNC(=O)C1CC2CCCC(C1)C2N. The molecule has 0 aromatic heterocycles. The Morgan fingerprint density at radius 3 is 2.39 bits per heavy atom. The molecule has 4 N–H and O–H groups in total. The highest BCUT2D eigenvalue weighted by Gasteiger charge is 2.40. The molecule has 0 saturated heterocycles. The molecule has 2 saturated carbocycles. The molecule has 2 unspecified atom stereocenters. The first kappa shape index (κ1) is 13.3. The second-order valence-electron chi connectivity index (χ2n) is 5.59. The minimum atomic E-state index is -0.156. The van der Waals surface area contributed by atoms with E-state index >= 15 is 0 Å². The largest absolute Gasteiger partial charge is 0.358 e. The number of hydrogen-bond acceptors (Lipinski definition) is 3. The van der Waals surface area contributed by atoms with Crippen LogP contribution in [0.2, 0.25) is 0 Å². The van der Waals surface area contributed by atoms with Crippen molar-refractivity contribution in [2.24, 2.45) is 23.5 Å². The Labute approximate surface area is 108 Å². The van der Waals surface area contributed by atoms with Crippen LogP contribution >= 0.6 is 0 Å². The van der Waals surface area contributed by atoms with Crippen molar-refractivity contribution in [2.75, 3.05) is 13.6 Å². The third kappa shape index (κ3) is 2.83. The molecule has 18 heavy (non-hydrogen) atoms. The van der Waals surface area contributed by atoms with Crippen LogP contribution in [0, 0.1) is 17.8 Å². The Bertz CT molecular complexity index is 318. The molecule has 2 aliphatic carbocycles. The molecule has 0 heterocycles. The van der Waals surface area contributed by atoms with E-state index in [1.807, 2.05) is 0 Å². The fraction of sp³-hybridized carbons (Fsp3) is 0.846. The van der Waals surface area contributed by atoms with Crippen molar-refractivity contribution in [2.45, 2.75) is 38.1 Å². The van der Waals surface area contributed by atoms with Gasteiger partial charge in [-0.05, 0) is 37.5 Å². The number of carbonyl (C=O) groups excluding carboxylic acids is 2. The summed E-state index contributed by atoms with van der Waals surface area (Å²) < 4.78 is 0. The zero-order chi connectivity index (χ0) is 13.1. The lowest BCUT2D eigenvalue weighted by molar-refractivity contribution is -0.130. The summed E-state index contributed by atoms with van der Waals surface area (Å²) in [7, 11) is 1.57. The van der Waals surface area contributed by atoms with E-state index in [4.69, 9.17) is 5.73 Å². The normalized spacial score (nSPS) is 34.8. The van der Waals surface area contributed by atoms with Gasteiger partial charge in [-0.3, -0.25) is 9.59 Å². The monoisotopic (exact) mass is 253 g/mol. The van der Waals surface area contributed by atoms with Crippen LogP contribution in [0.4, 0.5) is 0 Å². The molecule has 5 heteroatoms. The van der Waals surface area contributed by atoms with Crippen LogP contribution < -0.4 is 16.4 Å². The average Bonchev–Trinajstić information content (AvgIpc) is 2.35. The van der Waals surface area contributed by atoms with Crippen LogP contribution in [0.1, 0.15) is 32.1 Å². The molecule has 102 valence electrons. The minimum Gasteiger partial charge on any atom is -0.358 e. The standard InChI is InChI=1S/C13H23N3O2/c1-15-11(17)7-16-13(18)10-5-8-3-2-4-9(6-10)12(8)14/h8-10,12H,2-7,14H2,1H3,(H,15,17)(H,16,18). The highest BCUT2D eigenvalue weighted by molar-refractivity contribution is 5.85. The first-order valence-corrected chi connectivity index (χ1v) is 6.85. The van der Waals surface area contributed by atoms with Gasteiger partial charge in [0.25, 0.3) is 0 Å². The van der Waals surface area contributed by atoms with E-state index in [1.54, 1.807) is 7.05 Å². The molecule has 0 spiro atoms. The molecular weight excluding hydrogens is 230 g/mol. The van der Waals surface area contributed by atoms with Crippen LogP contribution in [0.25, 0.3) is 0 Å². The van der Waals surface area contributed by atoms with Gasteiger partial charge in [0.05, 0.1) is 6.54 Å². The van der Waals surface area contributed by atoms with Crippen molar-refractivity contribution in [1.82, 2.24) is 10.6 Å². The predicted molar refractivity (Wildman–Crippen MR) is 68.6 cm³/mol. The lowest BCUT2D eigenvalue weighted by atomic mass is 9.65. The van der Waals surface area contributed by atoms with E-state index in [9.17, 15) is 9.59 Å². The summed E-state index contributed by atoms with van der Waals surface area (Å²) in [6, 6.07) is 0.279. The zero-order valence-corrected chi connectivity index (χ0v) is 10.9. The Balaban J connectivity index is 1.86. The summed E-state index contributed by atoms with van der Waals surface area (Å²) >= 11 is 0. The number of amides is 2. The highest BCUT2D eigenvalue weighted by Crippen LogP contribution is 2.41. The zero-order valence-electron chi connectivity index (χ0n) is 10.9. The summed E-state index contributed by atoms with van der Waals surface area (Å²) in [5, 5.41) is 5.21. The Morgan fingerprint density at radius 1 is 1.22 bits per heavy atom. The van der Waals surface area contributed by atoms with Gasteiger partial charge in [-0.1, -0.05) is 6.42 Å². The van der Waals surface area contributed by atoms with Gasteiger partial charge < -0.3 is 16.4 Å². The van der Waals surface area contributed by atoms with Crippen molar-refractivity contribution in [3.05, 3.63) is 0 Å². The second-order valence-corrected chi connectivity index (χ2v) is 5.59. The van der Waals surface area contributed by atoms with E-state index in [2.05, 4.69) is 10.6 Å². The van der Waals surface area contributed by atoms with Gasteiger partial charge in [0, 0.05) is 19.0 Å². The third-order valence-electron chi connectivity index (χ3n) is 4.49. The van der Waals surface area contributed by atoms with Crippen molar-refractivity contribution in [3.63, 3.8) is 0 Å². The first-order valence-electron chi connectivity index (χ1n) is 6.85. The number of fused-ring (bicyclic) bond motifs is 2. The number of hydrogen-bond donors (Lipinski definition) is 3. The summed E-state index contributed by atoms with van der Waals surface area (Å²) in [6.07, 6.45) is 5.32. The van der Waals surface area contributed by atoms with Gasteiger partial charge >= 0.3 is 0 Å². The molecule has 2 amide bonds. The van der Waals surface area contributed by atoms with Crippen LogP contribution in [-0.2, 0) is 9.59 Å². The Hall–Kier alpha value is -1.10. The number of likely N-dealkylation sites (N-methyl/N-ethyl adjacent to an activating group) is 1. The van der Waals surface area contributed by atoms with E-state index in [1.165, 1.54) is 6.42 Å². The summed E-state index contributed by atoms with van der Waals surface area (Å²) in [6.45, 7) is 0.0766. The molecule has 2 rings (SSSR count). The molecule has 5 nitrogen and oxygen atoms in total. The first-order chi connectivity index (χ1) is 8.61. The van der Waals surface area contributed by atoms with Crippen molar-refractivity contribution in [3.8, 4) is 0 Å². The van der Waals surface area contributed by atoms with Gasteiger partial charge in [-0.25, -0.2) is 0 Å². The molecule has 2 aliphatic rings. The van der Waals surface area contributed by atoms with Crippen LogP contribution in [0.5, 0.6) is 0 Å². The van der Waals surface area contributed by atoms with E-state index in [-0.39, 0.29) is 30.3 Å². The van der Waals surface area contributed by atoms with Gasteiger partial charge in [0.2, 0.25) is 11.8 Å². The van der Waals surface area contributed by atoms with Crippen LogP contribution in [0.3, 0.4) is 0 Å². The maximum Gasteiger partial charge on any atom is 0.239 e. The van der Waals surface area contributed by atoms with Crippen molar-refractivity contribution >= 4 is 11.8 Å². The maximum absolute atomic E-state index is 12.0. The third-order valence-corrected chi connectivity index (χ3v) is 4.49.